The fourth-order valence-corrected chi connectivity index (χ4v) is 3.37. The maximum absolute atomic E-state index is 13.2. The Morgan fingerprint density at radius 2 is 1.75 bits per heavy atom. The summed E-state index contributed by atoms with van der Waals surface area (Å²) in [5, 5.41) is -0.340. The maximum atomic E-state index is 13.2. The molecule has 0 aliphatic heterocycles. The van der Waals surface area contributed by atoms with E-state index >= 15 is 0 Å². The molecule has 1 nitrogen and oxygen atoms in total. The van der Waals surface area contributed by atoms with Crippen molar-refractivity contribution in [1.82, 2.24) is 0 Å². The molecule has 0 aromatic heterocycles. The highest BCUT2D eigenvalue weighted by Gasteiger charge is 2.17. The number of ether oxygens (including phenoxy) is 1. The first-order chi connectivity index (χ1) is 9.43. The summed E-state index contributed by atoms with van der Waals surface area (Å²) in [4.78, 5) is 0. The van der Waals surface area contributed by atoms with Crippen molar-refractivity contribution in [3.8, 4) is 5.75 Å². The molecular formula is C16H15BrClFO. The van der Waals surface area contributed by atoms with Crippen molar-refractivity contribution in [2.75, 3.05) is 7.11 Å². The Bertz CT molecular complexity index is 619. The fraction of sp³-hybridized carbons (Fsp3) is 0.250. The van der Waals surface area contributed by atoms with Crippen LogP contribution in [-0.4, -0.2) is 7.11 Å². The zero-order valence-electron chi connectivity index (χ0n) is 11.5. The van der Waals surface area contributed by atoms with Gasteiger partial charge in [0.15, 0.2) is 0 Å². The summed E-state index contributed by atoms with van der Waals surface area (Å²) in [5.74, 6) is 0.586. The SMILES string of the molecule is COc1c(C)cc(C(Cl)c2ccc(F)cc2Br)cc1C. The molecular weight excluding hydrogens is 343 g/mol. The van der Waals surface area contributed by atoms with Crippen LogP contribution in [0.1, 0.15) is 27.6 Å². The molecule has 2 aromatic rings. The van der Waals surface area contributed by atoms with Crippen LogP contribution in [0.15, 0.2) is 34.8 Å². The fourth-order valence-electron chi connectivity index (χ4n) is 2.34. The summed E-state index contributed by atoms with van der Waals surface area (Å²) in [6.45, 7) is 3.97. The van der Waals surface area contributed by atoms with Gasteiger partial charge in [-0.3, -0.25) is 0 Å². The first-order valence-corrected chi connectivity index (χ1v) is 7.41. The Hall–Kier alpha value is -1.06. The number of aryl methyl sites for hydroxylation is 2. The number of hydrogen-bond donors (Lipinski definition) is 0. The van der Waals surface area contributed by atoms with Gasteiger partial charge < -0.3 is 4.74 Å². The molecule has 1 atom stereocenters. The van der Waals surface area contributed by atoms with E-state index in [0.29, 0.717) is 4.47 Å². The van der Waals surface area contributed by atoms with E-state index in [2.05, 4.69) is 15.9 Å². The number of hydrogen-bond acceptors (Lipinski definition) is 1. The molecule has 20 heavy (non-hydrogen) atoms. The van der Waals surface area contributed by atoms with Crippen molar-refractivity contribution in [3.63, 3.8) is 0 Å². The first-order valence-electron chi connectivity index (χ1n) is 6.18. The lowest BCUT2D eigenvalue weighted by Crippen LogP contribution is -1.99. The van der Waals surface area contributed by atoms with Gasteiger partial charge in [0.2, 0.25) is 0 Å². The molecule has 0 spiro atoms. The topological polar surface area (TPSA) is 9.23 Å². The van der Waals surface area contributed by atoms with Gasteiger partial charge in [-0.2, -0.15) is 0 Å². The summed E-state index contributed by atoms with van der Waals surface area (Å²) in [6, 6.07) is 8.54. The van der Waals surface area contributed by atoms with Crippen molar-refractivity contribution in [2.24, 2.45) is 0 Å². The van der Waals surface area contributed by atoms with Crippen LogP contribution in [-0.2, 0) is 0 Å². The van der Waals surface area contributed by atoms with Crippen LogP contribution in [0.2, 0.25) is 0 Å². The molecule has 0 fully saturated rings. The van der Waals surface area contributed by atoms with Crippen molar-refractivity contribution in [2.45, 2.75) is 19.2 Å². The quantitative estimate of drug-likeness (QED) is 0.655. The number of rotatable bonds is 3. The van der Waals surface area contributed by atoms with Crippen LogP contribution in [0.4, 0.5) is 4.39 Å². The van der Waals surface area contributed by atoms with Crippen LogP contribution >= 0.6 is 27.5 Å². The molecule has 0 heterocycles. The smallest absolute Gasteiger partial charge is 0.124 e. The third-order valence-electron chi connectivity index (χ3n) is 3.21. The van der Waals surface area contributed by atoms with E-state index in [-0.39, 0.29) is 11.2 Å². The van der Waals surface area contributed by atoms with E-state index in [4.69, 9.17) is 16.3 Å². The molecule has 0 saturated carbocycles. The van der Waals surface area contributed by atoms with Crippen molar-refractivity contribution < 1.29 is 9.13 Å². The average molecular weight is 358 g/mol. The molecule has 0 saturated heterocycles. The highest BCUT2D eigenvalue weighted by Crippen LogP contribution is 2.37. The van der Waals surface area contributed by atoms with Gasteiger partial charge in [-0.15, -0.1) is 11.6 Å². The molecule has 1 unspecified atom stereocenters. The van der Waals surface area contributed by atoms with E-state index in [0.717, 1.165) is 28.0 Å². The summed E-state index contributed by atoms with van der Waals surface area (Å²) in [7, 11) is 1.66. The second-order valence-electron chi connectivity index (χ2n) is 4.72. The Balaban J connectivity index is 2.45. The van der Waals surface area contributed by atoms with E-state index in [9.17, 15) is 4.39 Å². The number of benzene rings is 2. The Labute approximate surface area is 131 Å². The van der Waals surface area contributed by atoms with Gasteiger partial charge in [0, 0.05) is 4.47 Å². The standard InChI is InChI=1S/C16H15BrClFO/c1-9-6-11(7-10(2)16(9)20-3)15(18)13-5-4-12(19)8-14(13)17/h4-8,15H,1-3H3. The molecule has 0 aliphatic rings. The number of alkyl halides is 1. The van der Waals surface area contributed by atoms with E-state index in [1.54, 1.807) is 13.2 Å². The Morgan fingerprint density at radius 3 is 2.25 bits per heavy atom. The monoisotopic (exact) mass is 356 g/mol. The van der Waals surface area contributed by atoms with Crippen molar-refractivity contribution in [3.05, 3.63) is 62.9 Å². The van der Waals surface area contributed by atoms with Crippen molar-refractivity contribution in [1.29, 1.82) is 0 Å². The van der Waals surface area contributed by atoms with Crippen LogP contribution in [0.5, 0.6) is 5.75 Å². The molecule has 0 aliphatic carbocycles. The maximum Gasteiger partial charge on any atom is 0.124 e. The minimum Gasteiger partial charge on any atom is -0.496 e. The molecule has 4 heteroatoms. The summed E-state index contributed by atoms with van der Waals surface area (Å²) < 4.78 is 19.2. The van der Waals surface area contributed by atoms with Gasteiger partial charge in [0.1, 0.15) is 11.6 Å². The zero-order chi connectivity index (χ0) is 14.9. The molecule has 0 radical (unpaired) electrons. The summed E-state index contributed by atoms with van der Waals surface area (Å²) >= 11 is 9.90. The zero-order valence-corrected chi connectivity index (χ0v) is 13.8. The minimum absolute atomic E-state index is 0.286. The number of halogens is 3. The second kappa shape index (κ2) is 6.15. The van der Waals surface area contributed by atoms with E-state index < -0.39 is 0 Å². The molecule has 2 rings (SSSR count). The van der Waals surface area contributed by atoms with Crippen LogP contribution in [0, 0.1) is 19.7 Å². The van der Waals surface area contributed by atoms with Gasteiger partial charge in [-0.05, 0) is 48.2 Å². The number of methoxy groups -OCH3 is 1. The molecule has 2 aromatic carbocycles. The lowest BCUT2D eigenvalue weighted by Gasteiger charge is -2.16. The first kappa shape index (κ1) is 15.3. The largest absolute Gasteiger partial charge is 0.496 e. The van der Waals surface area contributed by atoms with Crippen LogP contribution < -0.4 is 4.74 Å². The Morgan fingerprint density at radius 1 is 1.15 bits per heavy atom. The van der Waals surface area contributed by atoms with Gasteiger partial charge in [-0.25, -0.2) is 4.39 Å². The van der Waals surface area contributed by atoms with Gasteiger partial charge in [0.25, 0.3) is 0 Å². The third-order valence-corrected chi connectivity index (χ3v) is 4.39. The van der Waals surface area contributed by atoms with Crippen LogP contribution in [0.25, 0.3) is 0 Å². The average Bonchev–Trinajstić information content (AvgIpc) is 2.37. The summed E-state index contributed by atoms with van der Waals surface area (Å²) in [5.41, 5.74) is 3.88. The van der Waals surface area contributed by atoms with Gasteiger partial charge >= 0.3 is 0 Å². The minimum atomic E-state index is -0.340. The normalized spacial score (nSPS) is 12.3. The molecule has 106 valence electrons. The highest BCUT2D eigenvalue weighted by atomic mass is 79.9. The second-order valence-corrected chi connectivity index (χ2v) is 6.01. The van der Waals surface area contributed by atoms with Crippen LogP contribution in [0.3, 0.4) is 0 Å². The van der Waals surface area contributed by atoms with E-state index in [1.807, 2.05) is 26.0 Å². The predicted molar refractivity (Wildman–Crippen MR) is 84.3 cm³/mol. The lowest BCUT2D eigenvalue weighted by molar-refractivity contribution is 0.408. The predicted octanol–water partition coefficient (Wildman–Crippen LogP) is 5.54. The lowest BCUT2D eigenvalue weighted by atomic mass is 9.99. The summed E-state index contributed by atoms with van der Waals surface area (Å²) in [6.07, 6.45) is 0. The van der Waals surface area contributed by atoms with Gasteiger partial charge in [-0.1, -0.05) is 34.1 Å². The molecule has 0 N–H and O–H groups in total. The van der Waals surface area contributed by atoms with Gasteiger partial charge in [0.05, 0.1) is 12.5 Å². The molecule has 0 amide bonds. The highest BCUT2D eigenvalue weighted by molar-refractivity contribution is 9.10. The third kappa shape index (κ3) is 2.99. The van der Waals surface area contributed by atoms with Crippen molar-refractivity contribution >= 4 is 27.5 Å². The Kier molecular flexibility index (Phi) is 4.71. The van der Waals surface area contributed by atoms with E-state index in [1.165, 1.54) is 12.1 Å². The molecule has 0 bridgehead atoms.